The van der Waals surface area contributed by atoms with E-state index in [0.29, 0.717) is 12.2 Å². The van der Waals surface area contributed by atoms with Crippen LogP contribution in [0, 0.1) is 0 Å². The maximum absolute atomic E-state index is 11.3. The summed E-state index contributed by atoms with van der Waals surface area (Å²) in [6.45, 7) is 2.04. The molecular formula is C12H15BrO. The fourth-order valence-electron chi connectivity index (χ4n) is 1.34. The molecule has 1 aromatic rings. The summed E-state index contributed by atoms with van der Waals surface area (Å²) in [6, 6.07) is 8.14. The van der Waals surface area contributed by atoms with Crippen LogP contribution in [0.3, 0.4) is 0 Å². The van der Waals surface area contributed by atoms with Gasteiger partial charge in [-0.2, -0.15) is 0 Å². The molecule has 1 aromatic carbocycles. The molecule has 0 radical (unpaired) electrons. The maximum Gasteiger partial charge on any atom is 0.133 e. The van der Waals surface area contributed by atoms with Crippen molar-refractivity contribution in [1.82, 2.24) is 0 Å². The summed E-state index contributed by atoms with van der Waals surface area (Å²) in [4.78, 5) is 11.3. The second kappa shape index (κ2) is 5.97. The van der Waals surface area contributed by atoms with Gasteiger partial charge >= 0.3 is 0 Å². The highest BCUT2D eigenvalue weighted by Gasteiger charge is 2.00. The van der Waals surface area contributed by atoms with Crippen LogP contribution in [0.15, 0.2) is 28.7 Å². The van der Waals surface area contributed by atoms with Crippen LogP contribution < -0.4 is 0 Å². The number of hydrogen-bond acceptors (Lipinski definition) is 1. The van der Waals surface area contributed by atoms with Gasteiger partial charge in [0.15, 0.2) is 0 Å². The highest BCUT2D eigenvalue weighted by Crippen LogP contribution is 2.12. The van der Waals surface area contributed by atoms with Gasteiger partial charge in [0.25, 0.3) is 0 Å². The van der Waals surface area contributed by atoms with E-state index in [2.05, 4.69) is 28.1 Å². The molecule has 0 amide bonds. The largest absolute Gasteiger partial charge is 0.300 e. The molecule has 2 heteroatoms. The number of benzene rings is 1. The quantitative estimate of drug-likeness (QED) is 0.783. The fourth-order valence-corrected chi connectivity index (χ4v) is 1.60. The molecule has 0 unspecified atom stereocenters. The number of hydrogen-bond donors (Lipinski definition) is 0. The van der Waals surface area contributed by atoms with E-state index in [1.165, 1.54) is 5.56 Å². The van der Waals surface area contributed by atoms with E-state index >= 15 is 0 Å². The van der Waals surface area contributed by atoms with E-state index in [9.17, 15) is 4.79 Å². The summed E-state index contributed by atoms with van der Waals surface area (Å²) < 4.78 is 1.08. The average Bonchev–Trinajstić information content (AvgIpc) is 2.17. The van der Waals surface area contributed by atoms with Crippen LogP contribution in [0.1, 0.15) is 31.7 Å². The highest BCUT2D eigenvalue weighted by atomic mass is 79.9. The predicted molar refractivity (Wildman–Crippen MR) is 62.4 cm³/mol. The second-order valence-electron chi connectivity index (χ2n) is 3.42. The molecule has 1 rings (SSSR count). The zero-order valence-corrected chi connectivity index (χ0v) is 10.0. The van der Waals surface area contributed by atoms with Gasteiger partial charge in [-0.05, 0) is 30.5 Å². The van der Waals surface area contributed by atoms with Gasteiger partial charge in [0.2, 0.25) is 0 Å². The normalized spacial score (nSPS) is 10.1. The van der Waals surface area contributed by atoms with Crippen LogP contribution in [-0.2, 0) is 11.2 Å². The molecule has 0 saturated heterocycles. The van der Waals surface area contributed by atoms with E-state index in [-0.39, 0.29) is 0 Å². The Bertz CT molecular complexity index is 290. The zero-order valence-electron chi connectivity index (χ0n) is 8.42. The number of carbonyl (C=O) groups excluding carboxylic acids is 1. The summed E-state index contributed by atoms with van der Waals surface area (Å²) in [5.74, 6) is 0.371. The Kier molecular flexibility index (Phi) is 4.88. The molecule has 0 spiro atoms. The van der Waals surface area contributed by atoms with Gasteiger partial charge in [0.1, 0.15) is 5.78 Å². The van der Waals surface area contributed by atoms with E-state index in [1.807, 2.05) is 19.1 Å². The first kappa shape index (κ1) is 11.4. The van der Waals surface area contributed by atoms with Crippen LogP contribution >= 0.6 is 15.9 Å². The average molecular weight is 255 g/mol. The van der Waals surface area contributed by atoms with Gasteiger partial charge in [-0.1, -0.05) is 35.0 Å². The van der Waals surface area contributed by atoms with Crippen molar-refractivity contribution in [1.29, 1.82) is 0 Å². The smallest absolute Gasteiger partial charge is 0.133 e. The first-order valence-corrected chi connectivity index (χ1v) is 5.78. The third-order valence-electron chi connectivity index (χ3n) is 2.13. The minimum absolute atomic E-state index is 0.371. The summed E-state index contributed by atoms with van der Waals surface area (Å²) in [6.07, 6.45) is 3.22. The lowest BCUT2D eigenvalue weighted by Gasteiger charge is -2.00. The van der Waals surface area contributed by atoms with Gasteiger partial charge in [-0.3, -0.25) is 4.79 Å². The Labute approximate surface area is 93.7 Å². The van der Waals surface area contributed by atoms with Crippen LogP contribution in [0.4, 0.5) is 0 Å². The summed E-state index contributed by atoms with van der Waals surface area (Å²) in [5, 5.41) is 0. The molecule has 0 fully saturated rings. The van der Waals surface area contributed by atoms with Crippen molar-refractivity contribution in [2.75, 3.05) is 0 Å². The number of ketones is 1. The Hall–Kier alpha value is -0.630. The first-order chi connectivity index (χ1) is 6.72. The van der Waals surface area contributed by atoms with E-state index < -0.39 is 0 Å². The maximum atomic E-state index is 11.3. The summed E-state index contributed by atoms with van der Waals surface area (Å²) >= 11 is 3.38. The summed E-state index contributed by atoms with van der Waals surface area (Å²) in [5.41, 5.74) is 1.23. The van der Waals surface area contributed by atoms with Gasteiger partial charge < -0.3 is 0 Å². The van der Waals surface area contributed by atoms with E-state index in [0.717, 1.165) is 23.7 Å². The van der Waals surface area contributed by atoms with E-state index in [1.54, 1.807) is 0 Å². The topological polar surface area (TPSA) is 17.1 Å². The van der Waals surface area contributed by atoms with Gasteiger partial charge in [-0.15, -0.1) is 0 Å². The van der Waals surface area contributed by atoms with Crippen LogP contribution in [0.2, 0.25) is 0 Å². The molecule has 0 aliphatic heterocycles. The molecule has 76 valence electrons. The van der Waals surface area contributed by atoms with Crippen LogP contribution in [0.5, 0.6) is 0 Å². The lowest BCUT2D eigenvalue weighted by molar-refractivity contribution is -0.119. The Morgan fingerprint density at radius 3 is 2.43 bits per heavy atom. The number of rotatable bonds is 5. The van der Waals surface area contributed by atoms with Gasteiger partial charge in [-0.25, -0.2) is 0 Å². The Morgan fingerprint density at radius 2 is 1.86 bits per heavy atom. The van der Waals surface area contributed by atoms with Crippen LogP contribution in [0.25, 0.3) is 0 Å². The molecule has 0 heterocycles. The molecule has 1 nitrogen and oxygen atoms in total. The van der Waals surface area contributed by atoms with Crippen molar-refractivity contribution in [3.8, 4) is 0 Å². The SMILES string of the molecule is CCCC(=O)CCc1ccc(Br)cc1. The Morgan fingerprint density at radius 1 is 1.21 bits per heavy atom. The van der Waals surface area contributed by atoms with Crippen molar-refractivity contribution in [2.24, 2.45) is 0 Å². The third-order valence-corrected chi connectivity index (χ3v) is 2.66. The van der Waals surface area contributed by atoms with Gasteiger partial charge in [0, 0.05) is 17.3 Å². The number of aryl methyl sites for hydroxylation is 1. The molecule has 0 aliphatic carbocycles. The molecule has 0 N–H and O–H groups in total. The molecule has 14 heavy (non-hydrogen) atoms. The number of halogens is 1. The third kappa shape index (κ3) is 4.05. The van der Waals surface area contributed by atoms with Crippen molar-refractivity contribution in [3.05, 3.63) is 34.3 Å². The Balaban J connectivity index is 2.38. The first-order valence-electron chi connectivity index (χ1n) is 4.98. The lowest BCUT2D eigenvalue weighted by Crippen LogP contribution is -1.98. The molecule has 0 aromatic heterocycles. The predicted octanol–water partition coefficient (Wildman–Crippen LogP) is 3.75. The molecular weight excluding hydrogens is 240 g/mol. The minimum Gasteiger partial charge on any atom is -0.300 e. The van der Waals surface area contributed by atoms with E-state index in [4.69, 9.17) is 0 Å². The van der Waals surface area contributed by atoms with Crippen molar-refractivity contribution < 1.29 is 4.79 Å². The van der Waals surface area contributed by atoms with Gasteiger partial charge in [0.05, 0.1) is 0 Å². The monoisotopic (exact) mass is 254 g/mol. The van der Waals surface area contributed by atoms with Crippen LogP contribution in [-0.4, -0.2) is 5.78 Å². The lowest BCUT2D eigenvalue weighted by atomic mass is 10.1. The molecule has 0 aliphatic rings. The molecule has 0 saturated carbocycles. The van der Waals surface area contributed by atoms with Crippen molar-refractivity contribution in [3.63, 3.8) is 0 Å². The zero-order chi connectivity index (χ0) is 10.4. The highest BCUT2D eigenvalue weighted by molar-refractivity contribution is 9.10. The fraction of sp³-hybridized carbons (Fsp3) is 0.417. The minimum atomic E-state index is 0.371. The number of Topliss-reactive ketones (excluding diaryl/α,β-unsaturated/α-hetero) is 1. The molecule has 0 atom stereocenters. The van der Waals surface area contributed by atoms with Crippen molar-refractivity contribution in [2.45, 2.75) is 32.6 Å². The van der Waals surface area contributed by atoms with Crippen molar-refractivity contribution >= 4 is 21.7 Å². The molecule has 0 bridgehead atoms. The summed E-state index contributed by atoms with van der Waals surface area (Å²) in [7, 11) is 0. The standard InChI is InChI=1S/C12H15BrO/c1-2-3-12(14)9-6-10-4-7-11(13)8-5-10/h4-5,7-8H,2-3,6,9H2,1H3. The number of carbonyl (C=O) groups is 1. The second-order valence-corrected chi connectivity index (χ2v) is 4.33.